The van der Waals surface area contributed by atoms with E-state index in [1.165, 1.54) is 34.8 Å². The SMILES string of the molecule is CC(=O)Nc1ccc(S(=O)(=O)n2cc(-c3ccccc3)c3c2C2CC=C4C(C)CCCC4C2C(=O)C3=O)cc1. The number of benzene rings is 2. The molecule has 0 bridgehead atoms. The second-order valence-corrected chi connectivity index (χ2v) is 12.7. The molecular formula is C31H30N2O5S. The smallest absolute Gasteiger partial charge is 0.267 e. The van der Waals surface area contributed by atoms with Crippen LogP contribution in [0.25, 0.3) is 11.1 Å². The van der Waals surface area contributed by atoms with E-state index in [2.05, 4.69) is 18.3 Å². The Hall–Kier alpha value is -3.78. The number of aromatic nitrogens is 1. The first-order chi connectivity index (χ1) is 18.7. The van der Waals surface area contributed by atoms with Crippen LogP contribution in [0.4, 0.5) is 5.69 Å². The average Bonchev–Trinajstić information content (AvgIpc) is 3.34. The molecule has 3 aromatic rings. The van der Waals surface area contributed by atoms with E-state index < -0.39 is 33.4 Å². The summed E-state index contributed by atoms with van der Waals surface area (Å²) in [5.74, 6) is -1.90. The minimum atomic E-state index is -4.12. The number of hydrogen-bond donors (Lipinski definition) is 1. The van der Waals surface area contributed by atoms with Crippen molar-refractivity contribution in [1.29, 1.82) is 0 Å². The summed E-state index contributed by atoms with van der Waals surface area (Å²) in [6.07, 6.45) is 7.09. The van der Waals surface area contributed by atoms with Crippen molar-refractivity contribution in [3.63, 3.8) is 0 Å². The molecule has 8 heteroatoms. The van der Waals surface area contributed by atoms with Gasteiger partial charge in [-0.05, 0) is 60.9 Å². The van der Waals surface area contributed by atoms with Gasteiger partial charge in [-0.15, -0.1) is 0 Å². The number of hydrogen-bond acceptors (Lipinski definition) is 5. The molecule has 3 aliphatic carbocycles. The average molecular weight is 543 g/mol. The lowest BCUT2D eigenvalue weighted by Crippen LogP contribution is -2.44. The van der Waals surface area contributed by atoms with Crippen LogP contribution in [-0.4, -0.2) is 29.9 Å². The monoisotopic (exact) mass is 542 g/mol. The molecule has 3 aliphatic rings. The van der Waals surface area contributed by atoms with Crippen molar-refractivity contribution in [3.8, 4) is 11.1 Å². The van der Waals surface area contributed by atoms with Crippen LogP contribution < -0.4 is 5.32 Å². The summed E-state index contributed by atoms with van der Waals surface area (Å²) < 4.78 is 29.5. The molecule has 1 fully saturated rings. The number of allylic oxidation sites excluding steroid dienone is 2. The Kier molecular flexibility index (Phi) is 6.18. The normalized spacial score (nSPS) is 24.3. The van der Waals surface area contributed by atoms with E-state index in [4.69, 9.17) is 0 Å². The summed E-state index contributed by atoms with van der Waals surface area (Å²) >= 11 is 0. The topological polar surface area (TPSA) is 102 Å². The van der Waals surface area contributed by atoms with Gasteiger partial charge >= 0.3 is 0 Å². The van der Waals surface area contributed by atoms with Gasteiger partial charge in [0.1, 0.15) is 0 Å². The number of ketones is 2. The lowest BCUT2D eigenvalue weighted by atomic mass is 9.59. The second kappa shape index (κ2) is 9.45. The third kappa shape index (κ3) is 4.09. The van der Waals surface area contributed by atoms with E-state index in [0.717, 1.165) is 19.3 Å². The van der Waals surface area contributed by atoms with Crippen molar-refractivity contribution < 1.29 is 22.8 Å². The lowest BCUT2D eigenvalue weighted by molar-refractivity contribution is -0.121. The van der Waals surface area contributed by atoms with E-state index in [1.54, 1.807) is 12.1 Å². The molecule has 1 saturated carbocycles. The van der Waals surface area contributed by atoms with Gasteiger partial charge in [0.15, 0.2) is 0 Å². The van der Waals surface area contributed by atoms with Crippen LogP contribution in [0.1, 0.15) is 61.5 Å². The zero-order chi connectivity index (χ0) is 27.5. The molecular weight excluding hydrogens is 512 g/mol. The Labute approximate surface area is 228 Å². The zero-order valence-corrected chi connectivity index (χ0v) is 22.7. The summed E-state index contributed by atoms with van der Waals surface area (Å²) in [7, 11) is -4.12. The molecule has 2 aromatic carbocycles. The number of carbonyl (C=O) groups excluding carboxylic acids is 3. The quantitative estimate of drug-likeness (QED) is 0.342. The highest BCUT2D eigenvalue weighted by atomic mass is 32.2. The number of nitrogens with zero attached hydrogens (tertiary/aromatic N) is 1. The Bertz CT molecular complexity index is 1630. The number of fused-ring (bicyclic) bond motifs is 5. The maximum Gasteiger partial charge on any atom is 0.267 e. The third-order valence-electron chi connectivity index (χ3n) is 8.55. The van der Waals surface area contributed by atoms with E-state index in [-0.39, 0.29) is 22.3 Å². The molecule has 0 radical (unpaired) electrons. The van der Waals surface area contributed by atoms with Crippen LogP contribution in [0.2, 0.25) is 0 Å². The van der Waals surface area contributed by atoms with Crippen molar-refractivity contribution in [2.75, 3.05) is 5.32 Å². The minimum Gasteiger partial charge on any atom is -0.326 e. The molecule has 1 N–H and O–H groups in total. The first kappa shape index (κ1) is 25.5. The van der Waals surface area contributed by atoms with Gasteiger partial charge in [0.2, 0.25) is 17.5 Å². The van der Waals surface area contributed by atoms with Gasteiger partial charge in [0, 0.05) is 36.2 Å². The number of Topliss-reactive ketones (excluding diaryl/α,β-unsaturated/α-hetero) is 2. The van der Waals surface area contributed by atoms with E-state index in [9.17, 15) is 22.8 Å². The van der Waals surface area contributed by atoms with E-state index in [0.29, 0.717) is 34.8 Å². The van der Waals surface area contributed by atoms with Crippen LogP contribution in [-0.2, 0) is 19.6 Å². The van der Waals surface area contributed by atoms with Crippen LogP contribution in [0.5, 0.6) is 0 Å². The number of anilines is 1. The van der Waals surface area contributed by atoms with Crippen molar-refractivity contribution in [2.45, 2.75) is 50.3 Å². The van der Waals surface area contributed by atoms with Crippen molar-refractivity contribution in [2.24, 2.45) is 17.8 Å². The second-order valence-electron chi connectivity index (χ2n) is 10.9. The summed E-state index contributed by atoms with van der Waals surface area (Å²) in [5.41, 5.74) is 3.46. The Morgan fingerprint density at radius 1 is 0.974 bits per heavy atom. The van der Waals surface area contributed by atoms with Crippen molar-refractivity contribution >= 4 is 33.2 Å². The van der Waals surface area contributed by atoms with Crippen molar-refractivity contribution in [3.05, 3.63) is 83.7 Å². The summed E-state index contributed by atoms with van der Waals surface area (Å²) in [6, 6.07) is 15.1. The predicted molar refractivity (Wildman–Crippen MR) is 148 cm³/mol. The fourth-order valence-corrected chi connectivity index (χ4v) is 8.28. The van der Waals surface area contributed by atoms with Gasteiger partial charge in [0.05, 0.1) is 16.2 Å². The highest BCUT2D eigenvalue weighted by Gasteiger charge is 2.52. The van der Waals surface area contributed by atoms with Crippen LogP contribution in [0.3, 0.4) is 0 Å². The van der Waals surface area contributed by atoms with E-state index in [1.807, 2.05) is 30.3 Å². The fourth-order valence-electron chi connectivity index (χ4n) is 6.84. The summed E-state index contributed by atoms with van der Waals surface area (Å²) in [6.45, 7) is 3.55. The zero-order valence-electron chi connectivity index (χ0n) is 21.9. The standard InChI is InChI=1S/C31H30N2O5S/c1-18-7-6-10-24-23(18)15-16-25-27(24)30(35)31(36)28-26(20-8-4-3-5-9-20)17-33(29(25)28)39(37,38)22-13-11-21(12-14-22)32-19(2)34/h3-5,8-9,11-15,17-18,24-25,27H,6-7,10,16H2,1-2H3,(H,32,34). The van der Waals surface area contributed by atoms with Gasteiger partial charge in [-0.2, -0.15) is 0 Å². The van der Waals surface area contributed by atoms with Gasteiger partial charge in [0.25, 0.3) is 10.0 Å². The van der Waals surface area contributed by atoms with Gasteiger partial charge in [-0.3, -0.25) is 14.4 Å². The maximum atomic E-state index is 14.1. The first-order valence-corrected chi connectivity index (χ1v) is 14.8. The number of amides is 1. The van der Waals surface area contributed by atoms with Gasteiger partial charge in [-0.25, -0.2) is 12.4 Å². The van der Waals surface area contributed by atoms with Crippen LogP contribution >= 0.6 is 0 Å². The number of carbonyl (C=O) groups is 3. The van der Waals surface area contributed by atoms with Crippen molar-refractivity contribution in [1.82, 2.24) is 3.97 Å². The molecule has 6 rings (SSSR count). The molecule has 0 saturated heterocycles. The Balaban J connectivity index is 1.56. The molecule has 200 valence electrons. The number of nitrogens with one attached hydrogen (secondary N) is 1. The summed E-state index contributed by atoms with van der Waals surface area (Å²) in [4.78, 5) is 39.0. The summed E-state index contributed by atoms with van der Waals surface area (Å²) in [5, 5.41) is 2.65. The number of rotatable bonds is 4. The lowest BCUT2D eigenvalue weighted by Gasteiger charge is -2.44. The Morgan fingerprint density at radius 3 is 2.38 bits per heavy atom. The molecule has 4 unspecified atom stereocenters. The third-order valence-corrected chi connectivity index (χ3v) is 10.2. The first-order valence-electron chi connectivity index (χ1n) is 13.4. The molecule has 1 aromatic heterocycles. The van der Waals surface area contributed by atoms with Gasteiger partial charge < -0.3 is 5.32 Å². The largest absolute Gasteiger partial charge is 0.326 e. The fraction of sp³-hybridized carbons (Fsp3) is 0.323. The van der Waals surface area contributed by atoms with Gasteiger partial charge in [-0.1, -0.05) is 55.3 Å². The molecule has 0 aliphatic heterocycles. The molecule has 4 atom stereocenters. The Morgan fingerprint density at radius 2 is 1.69 bits per heavy atom. The molecule has 0 spiro atoms. The maximum absolute atomic E-state index is 14.1. The highest BCUT2D eigenvalue weighted by molar-refractivity contribution is 7.90. The molecule has 1 amide bonds. The molecule has 7 nitrogen and oxygen atoms in total. The highest BCUT2D eigenvalue weighted by Crippen LogP contribution is 2.53. The predicted octanol–water partition coefficient (Wildman–Crippen LogP) is 5.58. The van der Waals surface area contributed by atoms with Crippen LogP contribution in [0.15, 0.2) is 77.3 Å². The molecule has 1 heterocycles. The minimum absolute atomic E-state index is 0.0354. The van der Waals surface area contributed by atoms with Crippen LogP contribution in [0, 0.1) is 17.8 Å². The van der Waals surface area contributed by atoms with E-state index >= 15 is 0 Å². The molecule has 39 heavy (non-hydrogen) atoms.